The van der Waals surface area contributed by atoms with Gasteiger partial charge in [-0.15, -0.1) is 0 Å². The van der Waals surface area contributed by atoms with Crippen molar-refractivity contribution >= 4 is 11.6 Å². The van der Waals surface area contributed by atoms with Crippen molar-refractivity contribution in [3.63, 3.8) is 0 Å². The second kappa shape index (κ2) is 6.89. The quantitative estimate of drug-likeness (QED) is 0.788. The van der Waals surface area contributed by atoms with E-state index in [4.69, 9.17) is 0 Å². The Labute approximate surface area is 147 Å². The number of carbonyl (C=O) groups excluding carboxylic acids is 1. The number of benzene rings is 1. The first-order valence-electron chi connectivity index (χ1n) is 8.27. The second-order valence-corrected chi connectivity index (χ2v) is 7.00. The molecule has 0 aliphatic carbocycles. The van der Waals surface area contributed by atoms with Gasteiger partial charge < -0.3 is 5.32 Å². The average Bonchev–Trinajstić information content (AvgIpc) is 3.01. The zero-order chi connectivity index (χ0) is 17.9. The van der Waals surface area contributed by atoms with Crippen LogP contribution in [-0.2, 0) is 12.0 Å². The number of pyridine rings is 1. The van der Waals surface area contributed by atoms with Crippen LogP contribution in [0.15, 0.2) is 60.9 Å². The number of carbonyl (C=O) groups is 1. The van der Waals surface area contributed by atoms with E-state index in [1.807, 2.05) is 36.4 Å². The summed E-state index contributed by atoms with van der Waals surface area (Å²) in [6, 6.07) is 15.4. The molecule has 5 nitrogen and oxygen atoms in total. The second-order valence-electron chi connectivity index (χ2n) is 7.00. The van der Waals surface area contributed by atoms with Crippen LogP contribution in [0.25, 0.3) is 0 Å². The number of hydrogen-bond donors (Lipinski definition) is 1. The van der Waals surface area contributed by atoms with Crippen molar-refractivity contribution in [3.05, 3.63) is 77.9 Å². The van der Waals surface area contributed by atoms with Crippen molar-refractivity contribution in [2.75, 3.05) is 5.32 Å². The Morgan fingerprint density at radius 3 is 2.40 bits per heavy atom. The van der Waals surface area contributed by atoms with Crippen LogP contribution >= 0.6 is 0 Å². The summed E-state index contributed by atoms with van der Waals surface area (Å²) < 4.78 is 1.77. The van der Waals surface area contributed by atoms with Crippen molar-refractivity contribution in [2.24, 2.45) is 0 Å². The van der Waals surface area contributed by atoms with Crippen LogP contribution in [0.2, 0.25) is 0 Å². The maximum Gasteiger partial charge on any atom is 0.273 e. The summed E-state index contributed by atoms with van der Waals surface area (Å²) >= 11 is 0. The molecule has 0 spiro atoms. The number of hydrogen-bond acceptors (Lipinski definition) is 3. The summed E-state index contributed by atoms with van der Waals surface area (Å²) in [5.74, 6) is -0.176. The van der Waals surface area contributed by atoms with E-state index in [1.165, 1.54) is 0 Å². The molecule has 2 heterocycles. The van der Waals surface area contributed by atoms with Gasteiger partial charge in [-0.05, 0) is 23.8 Å². The Morgan fingerprint density at radius 2 is 1.76 bits per heavy atom. The van der Waals surface area contributed by atoms with Gasteiger partial charge in [0.2, 0.25) is 0 Å². The van der Waals surface area contributed by atoms with Gasteiger partial charge in [0.25, 0.3) is 5.91 Å². The Morgan fingerprint density at radius 1 is 1.08 bits per heavy atom. The fourth-order valence-corrected chi connectivity index (χ4v) is 2.47. The highest BCUT2D eigenvalue weighted by Crippen LogP contribution is 2.23. The summed E-state index contributed by atoms with van der Waals surface area (Å²) in [4.78, 5) is 16.7. The van der Waals surface area contributed by atoms with Crippen molar-refractivity contribution in [1.29, 1.82) is 0 Å². The molecule has 0 saturated heterocycles. The molecule has 0 aliphatic rings. The van der Waals surface area contributed by atoms with Crippen molar-refractivity contribution in [3.8, 4) is 0 Å². The molecule has 25 heavy (non-hydrogen) atoms. The molecule has 0 aliphatic heterocycles. The number of nitrogens with one attached hydrogen (secondary N) is 1. The van der Waals surface area contributed by atoms with E-state index >= 15 is 0 Å². The van der Waals surface area contributed by atoms with Crippen LogP contribution < -0.4 is 5.32 Å². The highest BCUT2D eigenvalue weighted by molar-refractivity contribution is 6.03. The molecule has 3 rings (SSSR count). The third-order valence-electron chi connectivity index (χ3n) is 3.89. The van der Waals surface area contributed by atoms with Crippen molar-refractivity contribution in [2.45, 2.75) is 32.7 Å². The normalized spacial score (nSPS) is 11.3. The fourth-order valence-electron chi connectivity index (χ4n) is 2.47. The highest BCUT2D eigenvalue weighted by Gasteiger charge is 2.23. The predicted molar refractivity (Wildman–Crippen MR) is 98.7 cm³/mol. The zero-order valence-electron chi connectivity index (χ0n) is 14.7. The smallest absolute Gasteiger partial charge is 0.273 e. The van der Waals surface area contributed by atoms with Gasteiger partial charge in [0.05, 0.1) is 12.2 Å². The molecular formula is C20H22N4O. The maximum absolute atomic E-state index is 12.8. The van der Waals surface area contributed by atoms with Crippen LogP contribution in [0.3, 0.4) is 0 Å². The largest absolute Gasteiger partial charge is 0.321 e. The monoisotopic (exact) mass is 334 g/mol. The van der Waals surface area contributed by atoms with E-state index in [-0.39, 0.29) is 11.3 Å². The lowest BCUT2D eigenvalue weighted by Crippen LogP contribution is -2.18. The summed E-state index contributed by atoms with van der Waals surface area (Å²) in [5.41, 5.74) is 3.12. The summed E-state index contributed by atoms with van der Waals surface area (Å²) in [6.07, 6.45) is 3.30. The molecule has 128 valence electrons. The van der Waals surface area contributed by atoms with Gasteiger partial charge >= 0.3 is 0 Å². The van der Waals surface area contributed by atoms with Crippen LogP contribution in [0.1, 0.15) is 42.5 Å². The Hall–Kier alpha value is -2.95. The predicted octanol–water partition coefficient (Wildman–Crippen LogP) is 3.88. The minimum absolute atomic E-state index is 0.131. The fraction of sp³-hybridized carbons (Fsp3) is 0.250. The van der Waals surface area contributed by atoms with E-state index in [9.17, 15) is 4.79 Å². The molecule has 1 N–H and O–H groups in total. The molecule has 0 bridgehead atoms. The Balaban J connectivity index is 1.93. The third kappa shape index (κ3) is 4.12. The van der Waals surface area contributed by atoms with Crippen LogP contribution in [0, 0.1) is 0 Å². The first-order chi connectivity index (χ1) is 11.9. The minimum Gasteiger partial charge on any atom is -0.321 e. The molecule has 3 aromatic rings. The summed E-state index contributed by atoms with van der Waals surface area (Å²) in [7, 11) is 0. The lowest BCUT2D eigenvalue weighted by atomic mass is 9.92. The van der Waals surface area contributed by atoms with Gasteiger partial charge in [0.15, 0.2) is 0 Å². The van der Waals surface area contributed by atoms with Crippen molar-refractivity contribution < 1.29 is 4.79 Å². The average molecular weight is 334 g/mol. The maximum atomic E-state index is 12.8. The van der Waals surface area contributed by atoms with Gasteiger partial charge in [-0.25, -0.2) is 0 Å². The molecule has 0 radical (unpaired) electrons. The number of rotatable bonds is 4. The van der Waals surface area contributed by atoms with Gasteiger partial charge in [-0.2, -0.15) is 5.10 Å². The van der Waals surface area contributed by atoms with E-state index in [0.717, 1.165) is 11.3 Å². The number of aromatic nitrogens is 3. The van der Waals surface area contributed by atoms with E-state index in [2.05, 4.69) is 36.2 Å². The molecule has 1 aromatic carbocycles. The number of nitrogens with zero attached hydrogens (tertiary/aromatic N) is 3. The molecule has 0 unspecified atom stereocenters. The molecule has 2 aromatic heterocycles. The van der Waals surface area contributed by atoms with E-state index in [1.54, 1.807) is 29.2 Å². The van der Waals surface area contributed by atoms with Gasteiger partial charge in [-0.3, -0.25) is 14.5 Å². The van der Waals surface area contributed by atoms with Crippen LogP contribution in [-0.4, -0.2) is 20.7 Å². The standard InChI is InChI=1S/C20H22N4O/c1-20(2,3)18-13-17(19(25)22-16-9-11-21-12-10-16)24(23-18)14-15-7-5-4-6-8-15/h4-13H,14H2,1-3H3,(H,21,22,25). The van der Waals surface area contributed by atoms with E-state index in [0.29, 0.717) is 17.9 Å². The first-order valence-corrected chi connectivity index (χ1v) is 8.27. The molecule has 0 saturated carbocycles. The number of amides is 1. The topological polar surface area (TPSA) is 59.8 Å². The molecule has 0 atom stereocenters. The molecule has 5 heteroatoms. The van der Waals surface area contributed by atoms with Gasteiger partial charge in [0.1, 0.15) is 5.69 Å². The lowest BCUT2D eigenvalue weighted by molar-refractivity contribution is 0.101. The van der Waals surface area contributed by atoms with Gasteiger partial charge in [0, 0.05) is 23.5 Å². The first kappa shape index (κ1) is 16.9. The Kier molecular flexibility index (Phi) is 4.65. The van der Waals surface area contributed by atoms with Gasteiger partial charge in [-0.1, -0.05) is 51.1 Å². The summed E-state index contributed by atoms with van der Waals surface area (Å²) in [5, 5.41) is 7.59. The molecule has 0 fully saturated rings. The highest BCUT2D eigenvalue weighted by atomic mass is 16.2. The molecular weight excluding hydrogens is 312 g/mol. The Bertz CT molecular complexity index is 848. The van der Waals surface area contributed by atoms with Crippen LogP contribution in [0.4, 0.5) is 5.69 Å². The molecule has 1 amide bonds. The lowest BCUT2D eigenvalue weighted by Gasteiger charge is -2.14. The van der Waals surface area contributed by atoms with Crippen molar-refractivity contribution in [1.82, 2.24) is 14.8 Å². The SMILES string of the molecule is CC(C)(C)c1cc(C(=O)Nc2ccncc2)n(Cc2ccccc2)n1. The summed E-state index contributed by atoms with van der Waals surface area (Å²) in [6.45, 7) is 6.82. The zero-order valence-corrected chi connectivity index (χ0v) is 14.7. The third-order valence-corrected chi connectivity index (χ3v) is 3.89. The van der Waals surface area contributed by atoms with Crippen LogP contribution in [0.5, 0.6) is 0 Å². The minimum atomic E-state index is -0.176. The van der Waals surface area contributed by atoms with E-state index < -0.39 is 0 Å². The number of anilines is 1.